The number of amides is 1. The Kier molecular flexibility index (Phi) is 6.06. The number of nitriles is 1. The van der Waals surface area contributed by atoms with E-state index in [0.717, 1.165) is 5.56 Å². The number of rotatable bonds is 5. The normalized spacial score (nSPS) is 12.6. The number of ether oxygens (including phenoxy) is 1. The highest BCUT2D eigenvalue weighted by Gasteiger charge is 2.22. The summed E-state index contributed by atoms with van der Waals surface area (Å²) >= 11 is 6.29. The second-order valence-electron chi connectivity index (χ2n) is 7.38. The lowest BCUT2D eigenvalue weighted by Crippen LogP contribution is -2.27. The third-order valence-corrected chi connectivity index (χ3v) is 5.43. The molecule has 1 aromatic heterocycles. The predicted molar refractivity (Wildman–Crippen MR) is 119 cm³/mol. The standard InChI is InChI=1S/C24H18ClN3O4/c25-19-10-16(7-8-22(19)32-13-15-4-1-3-14(9-15)12-26)27-23(30)18-11-17-20(28-24(18)31)5-2-6-21(17)29/h1,3-4,7-11H,2,5-6,13H2,(H,27,30)(H,28,31). The molecule has 160 valence electrons. The Bertz CT molecular complexity index is 1320. The zero-order valence-corrected chi connectivity index (χ0v) is 17.7. The van der Waals surface area contributed by atoms with Crippen LogP contribution in [0.2, 0.25) is 5.02 Å². The van der Waals surface area contributed by atoms with Gasteiger partial charge in [-0.3, -0.25) is 14.4 Å². The molecule has 2 N–H and O–H groups in total. The van der Waals surface area contributed by atoms with Crippen molar-refractivity contribution in [3.63, 3.8) is 0 Å². The van der Waals surface area contributed by atoms with Crippen LogP contribution in [0.15, 0.2) is 53.3 Å². The monoisotopic (exact) mass is 447 g/mol. The molecule has 0 spiro atoms. The Morgan fingerprint density at radius 1 is 1.16 bits per heavy atom. The van der Waals surface area contributed by atoms with Crippen LogP contribution in [-0.4, -0.2) is 16.7 Å². The fraction of sp³-hybridized carbons (Fsp3) is 0.167. The van der Waals surface area contributed by atoms with Gasteiger partial charge in [0.25, 0.3) is 11.5 Å². The zero-order chi connectivity index (χ0) is 22.7. The number of carbonyl (C=O) groups is 2. The molecule has 4 rings (SSSR count). The van der Waals surface area contributed by atoms with Crippen LogP contribution in [0, 0.1) is 11.3 Å². The summed E-state index contributed by atoms with van der Waals surface area (Å²) in [5.74, 6) is -0.309. The van der Waals surface area contributed by atoms with Gasteiger partial charge in [0, 0.05) is 23.4 Å². The molecule has 1 aliphatic carbocycles. The number of aryl methyl sites for hydroxylation is 1. The molecule has 1 heterocycles. The summed E-state index contributed by atoms with van der Waals surface area (Å²) in [7, 11) is 0. The molecule has 0 saturated carbocycles. The van der Waals surface area contributed by atoms with Crippen molar-refractivity contribution < 1.29 is 14.3 Å². The summed E-state index contributed by atoms with van der Waals surface area (Å²) in [6.45, 7) is 0.222. The van der Waals surface area contributed by atoms with Gasteiger partial charge in [-0.25, -0.2) is 0 Å². The van der Waals surface area contributed by atoms with Crippen LogP contribution in [-0.2, 0) is 13.0 Å². The average Bonchev–Trinajstić information content (AvgIpc) is 2.78. The smallest absolute Gasteiger partial charge is 0.261 e. The minimum atomic E-state index is -0.634. The van der Waals surface area contributed by atoms with E-state index in [1.165, 1.54) is 12.1 Å². The first-order chi connectivity index (χ1) is 15.4. The fourth-order valence-electron chi connectivity index (χ4n) is 3.53. The molecular weight excluding hydrogens is 430 g/mol. The molecule has 1 amide bonds. The number of H-pyrrole nitrogens is 1. The van der Waals surface area contributed by atoms with Gasteiger partial charge in [-0.1, -0.05) is 23.7 Å². The first kappa shape index (κ1) is 21.3. The first-order valence-electron chi connectivity index (χ1n) is 9.97. The predicted octanol–water partition coefficient (Wildman–Crippen LogP) is 4.25. The van der Waals surface area contributed by atoms with E-state index in [1.807, 2.05) is 6.07 Å². The minimum absolute atomic E-state index is 0.0820. The molecule has 7 nitrogen and oxygen atoms in total. The Morgan fingerprint density at radius 3 is 2.78 bits per heavy atom. The van der Waals surface area contributed by atoms with Crippen molar-refractivity contribution in [1.29, 1.82) is 5.26 Å². The van der Waals surface area contributed by atoms with Crippen molar-refractivity contribution >= 4 is 29.0 Å². The van der Waals surface area contributed by atoms with Crippen LogP contribution >= 0.6 is 11.6 Å². The van der Waals surface area contributed by atoms with E-state index in [2.05, 4.69) is 16.4 Å². The van der Waals surface area contributed by atoms with E-state index in [1.54, 1.807) is 30.3 Å². The van der Waals surface area contributed by atoms with Crippen LogP contribution in [0.1, 0.15) is 50.4 Å². The summed E-state index contributed by atoms with van der Waals surface area (Å²) in [4.78, 5) is 39.7. The molecule has 0 saturated heterocycles. The van der Waals surface area contributed by atoms with Gasteiger partial charge in [-0.15, -0.1) is 0 Å². The summed E-state index contributed by atoms with van der Waals surface area (Å²) in [6.07, 6.45) is 1.69. The molecule has 0 fully saturated rings. The number of nitrogens with zero attached hydrogens (tertiary/aromatic N) is 1. The molecule has 0 bridgehead atoms. The van der Waals surface area contributed by atoms with E-state index in [-0.39, 0.29) is 23.0 Å². The Balaban J connectivity index is 1.47. The van der Waals surface area contributed by atoms with Crippen molar-refractivity contribution in [2.75, 3.05) is 5.32 Å². The lowest BCUT2D eigenvalue weighted by molar-refractivity contribution is 0.0971. The highest BCUT2D eigenvalue weighted by Crippen LogP contribution is 2.29. The number of fused-ring (bicyclic) bond motifs is 1. The molecule has 0 radical (unpaired) electrons. The first-order valence-corrected chi connectivity index (χ1v) is 10.3. The molecular formula is C24H18ClN3O4. The summed E-state index contributed by atoms with van der Waals surface area (Å²) in [5, 5.41) is 11.9. The number of Topliss-reactive ketones (excluding diaryl/α,β-unsaturated/α-hetero) is 1. The third-order valence-electron chi connectivity index (χ3n) is 5.14. The van der Waals surface area contributed by atoms with E-state index >= 15 is 0 Å². The largest absolute Gasteiger partial charge is 0.487 e. The average molecular weight is 448 g/mol. The molecule has 2 aromatic carbocycles. The Morgan fingerprint density at radius 2 is 2.00 bits per heavy atom. The van der Waals surface area contributed by atoms with Gasteiger partial charge in [-0.2, -0.15) is 5.26 Å². The van der Waals surface area contributed by atoms with Gasteiger partial charge in [0.15, 0.2) is 5.78 Å². The van der Waals surface area contributed by atoms with Crippen LogP contribution in [0.4, 0.5) is 5.69 Å². The number of aromatic nitrogens is 1. The maximum Gasteiger partial charge on any atom is 0.261 e. The molecule has 0 unspecified atom stereocenters. The second kappa shape index (κ2) is 9.08. The SMILES string of the molecule is N#Cc1cccc(COc2ccc(NC(=O)c3cc4c([nH]c3=O)CCCC4=O)cc2Cl)c1. The van der Waals surface area contributed by atoms with Gasteiger partial charge < -0.3 is 15.0 Å². The number of hydrogen-bond acceptors (Lipinski definition) is 5. The third kappa shape index (κ3) is 4.56. The van der Waals surface area contributed by atoms with Gasteiger partial charge in [0.05, 0.1) is 16.7 Å². The van der Waals surface area contributed by atoms with Gasteiger partial charge >= 0.3 is 0 Å². The summed E-state index contributed by atoms with van der Waals surface area (Å²) < 4.78 is 5.71. The number of benzene rings is 2. The topological polar surface area (TPSA) is 112 Å². The molecule has 1 aliphatic rings. The fourth-order valence-corrected chi connectivity index (χ4v) is 3.76. The number of ketones is 1. The number of pyridine rings is 1. The molecule has 32 heavy (non-hydrogen) atoms. The highest BCUT2D eigenvalue weighted by atomic mass is 35.5. The van der Waals surface area contributed by atoms with Crippen LogP contribution in [0.3, 0.4) is 0 Å². The summed E-state index contributed by atoms with van der Waals surface area (Å²) in [5.41, 5.74) is 2.03. The molecule has 0 aliphatic heterocycles. The molecule has 0 atom stereocenters. The van der Waals surface area contributed by atoms with Crippen molar-refractivity contribution in [2.45, 2.75) is 25.9 Å². The van der Waals surface area contributed by atoms with E-state index < -0.39 is 11.5 Å². The summed E-state index contributed by atoms with van der Waals surface area (Å²) in [6, 6.07) is 15.2. The van der Waals surface area contributed by atoms with Crippen molar-refractivity contribution in [2.24, 2.45) is 0 Å². The molecule has 8 heteroatoms. The Labute approximate surface area is 188 Å². The number of carbonyl (C=O) groups excluding carboxylic acids is 2. The van der Waals surface area contributed by atoms with E-state index in [0.29, 0.717) is 47.5 Å². The van der Waals surface area contributed by atoms with Crippen LogP contribution < -0.4 is 15.6 Å². The van der Waals surface area contributed by atoms with Crippen LogP contribution in [0.5, 0.6) is 5.75 Å². The van der Waals surface area contributed by atoms with Crippen molar-refractivity contribution in [3.8, 4) is 11.8 Å². The van der Waals surface area contributed by atoms with Gasteiger partial charge in [-0.05, 0) is 54.8 Å². The Hall–Kier alpha value is -3.89. The maximum atomic E-state index is 12.7. The second-order valence-corrected chi connectivity index (χ2v) is 7.79. The minimum Gasteiger partial charge on any atom is -0.487 e. The van der Waals surface area contributed by atoms with Crippen molar-refractivity contribution in [3.05, 3.63) is 91.9 Å². The molecule has 3 aromatic rings. The number of aromatic amines is 1. The quantitative estimate of drug-likeness (QED) is 0.607. The van der Waals surface area contributed by atoms with E-state index in [4.69, 9.17) is 21.6 Å². The maximum absolute atomic E-state index is 12.7. The van der Waals surface area contributed by atoms with Crippen molar-refractivity contribution in [1.82, 2.24) is 4.98 Å². The lowest BCUT2D eigenvalue weighted by Gasteiger charge is -2.15. The number of hydrogen-bond donors (Lipinski definition) is 2. The van der Waals surface area contributed by atoms with Crippen LogP contribution in [0.25, 0.3) is 0 Å². The lowest BCUT2D eigenvalue weighted by atomic mass is 9.93. The number of nitrogens with one attached hydrogen (secondary N) is 2. The number of anilines is 1. The zero-order valence-electron chi connectivity index (χ0n) is 16.9. The highest BCUT2D eigenvalue weighted by molar-refractivity contribution is 6.32. The number of halogens is 1. The van der Waals surface area contributed by atoms with Gasteiger partial charge in [0.2, 0.25) is 0 Å². The van der Waals surface area contributed by atoms with Gasteiger partial charge in [0.1, 0.15) is 17.9 Å². The van der Waals surface area contributed by atoms with E-state index in [9.17, 15) is 14.4 Å².